The fourth-order valence-corrected chi connectivity index (χ4v) is 1.46. The number of carboxylic acids is 1. The Balaban J connectivity index is 2.71. The molecular weight excluding hydrogens is 292 g/mol. The highest BCUT2D eigenvalue weighted by Crippen LogP contribution is 2.31. The summed E-state index contributed by atoms with van der Waals surface area (Å²) in [5, 5.41) is 8.63. The molecule has 1 rings (SSSR count). The Hall–Kier alpha value is -0.290. The molecule has 66 valence electrons. The highest BCUT2D eigenvalue weighted by atomic mass is 79.9. The molecule has 0 fully saturated rings. The molecule has 0 aliphatic rings. The number of carboxylic acid groups (broad SMARTS) is 1. The van der Waals surface area contributed by atoms with Gasteiger partial charge in [-0.25, -0.2) is 0 Å². The Morgan fingerprint density at radius 1 is 1.58 bits per heavy atom. The molecule has 3 nitrogen and oxygen atoms in total. The van der Waals surface area contributed by atoms with Gasteiger partial charge in [0.25, 0.3) is 0 Å². The number of carbonyl (C=O) groups is 1. The number of rotatable bonds is 3. The van der Waals surface area contributed by atoms with E-state index in [9.17, 15) is 4.79 Å². The first-order valence-corrected chi connectivity index (χ1v) is 5.00. The molecule has 1 aromatic rings. The minimum absolute atomic E-state index is 0.343. The van der Waals surface area contributed by atoms with Crippen molar-refractivity contribution in [3.05, 3.63) is 24.2 Å². The number of furan rings is 1. The van der Waals surface area contributed by atoms with E-state index < -0.39 is 10.8 Å². The summed E-state index contributed by atoms with van der Waals surface area (Å²) >= 11 is 6.23. The van der Waals surface area contributed by atoms with Gasteiger partial charge in [0.2, 0.25) is 0 Å². The van der Waals surface area contributed by atoms with Crippen LogP contribution in [0.2, 0.25) is 0 Å². The maximum absolute atomic E-state index is 10.5. The summed E-state index contributed by atoms with van der Waals surface area (Å²) in [4.78, 5) is 9.50. The molecule has 0 radical (unpaired) electrons. The standard InChI is InChI=1S/C7H6Br2O3/c8-5(6(9)7(10)11)4-2-1-3-12-4/h1-3,5-6H,(H,10,11). The third-order valence-corrected chi connectivity index (χ3v) is 3.92. The molecule has 12 heavy (non-hydrogen) atoms. The monoisotopic (exact) mass is 296 g/mol. The maximum Gasteiger partial charge on any atom is 0.318 e. The molecule has 0 aliphatic heterocycles. The highest BCUT2D eigenvalue weighted by Gasteiger charge is 2.26. The molecule has 0 aliphatic carbocycles. The molecule has 0 bridgehead atoms. The number of alkyl halides is 2. The van der Waals surface area contributed by atoms with E-state index in [0.29, 0.717) is 5.76 Å². The van der Waals surface area contributed by atoms with Crippen molar-refractivity contribution in [2.24, 2.45) is 0 Å². The van der Waals surface area contributed by atoms with Gasteiger partial charge in [-0.1, -0.05) is 31.9 Å². The normalized spacial score (nSPS) is 15.5. The van der Waals surface area contributed by atoms with E-state index in [2.05, 4.69) is 31.9 Å². The zero-order chi connectivity index (χ0) is 9.14. The fraction of sp³-hybridized carbons (Fsp3) is 0.286. The Bertz CT molecular complexity index is 258. The molecule has 5 heteroatoms. The summed E-state index contributed by atoms with van der Waals surface area (Å²) in [6.45, 7) is 0. The number of hydrogen-bond acceptors (Lipinski definition) is 2. The maximum atomic E-state index is 10.5. The van der Waals surface area contributed by atoms with Gasteiger partial charge in [-0.15, -0.1) is 0 Å². The summed E-state index contributed by atoms with van der Waals surface area (Å²) in [5.74, 6) is -0.326. The Kier molecular flexibility index (Phi) is 3.34. The number of hydrogen-bond donors (Lipinski definition) is 1. The van der Waals surface area contributed by atoms with Crippen molar-refractivity contribution in [1.29, 1.82) is 0 Å². The van der Waals surface area contributed by atoms with Crippen LogP contribution in [0.5, 0.6) is 0 Å². The van der Waals surface area contributed by atoms with Gasteiger partial charge in [-0.3, -0.25) is 4.79 Å². The molecule has 0 saturated heterocycles. The van der Waals surface area contributed by atoms with Crippen molar-refractivity contribution in [2.75, 3.05) is 0 Å². The second-order valence-electron chi connectivity index (χ2n) is 2.16. The van der Waals surface area contributed by atoms with Crippen molar-refractivity contribution >= 4 is 37.8 Å². The van der Waals surface area contributed by atoms with E-state index in [1.165, 1.54) is 6.26 Å². The summed E-state index contributed by atoms with van der Waals surface area (Å²) in [5.41, 5.74) is 0. The minimum atomic E-state index is -0.923. The van der Waals surface area contributed by atoms with Crippen LogP contribution in [-0.2, 0) is 4.79 Å². The van der Waals surface area contributed by atoms with Crippen molar-refractivity contribution in [3.8, 4) is 0 Å². The van der Waals surface area contributed by atoms with Crippen LogP contribution in [0.4, 0.5) is 0 Å². The van der Waals surface area contributed by atoms with Gasteiger partial charge in [0, 0.05) is 0 Å². The van der Waals surface area contributed by atoms with Crippen LogP contribution >= 0.6 is 31.9 Å². The van der Waals surface area contributed by atoms with Gasteiger partial charge in [-0.2, -0.15) is 0 Å². The van der Waals surface area contributed by atoms with E-state index >= 15 is 0 Å². The van der Waals surface area contributed by atoms with Crippen molar-refractivity contribution in [3.63, 3.8) is 0 Å². The van der Waals surface area contributed by atoms with E-state index in [1.807, 2.05) is 0 Å². The van der Waals surface area contributed by atoms with Gasteiger partial charge in [0.05, 0.1) is 11.1 Å². The summed E-state index contributed by atoms with van der Waals surface area (Å²) in [6.07, 6.45) is 1.51. The lowest BCUT2D eigenvalue weighted by Crippen LogP contribution is -2.17. The van der Waals surface area contributed by atoms with E-state index in [4.69, 9.17) is 9.52 Å². The zero-order valence-electron chi connectivity index (χ0n) is 5.91. The molecule has 0 saturated carbocycles. The minimum Gasteiger partial charge on any atom is -0.480 e. The molecule has 1 aromatic heterocycles. The Labute approximate surface area is 86.0 Å². The predicted octanol–water partition coefficient (Wildman–Crippen LogP) is 2.56. The average Bonchev–Trinajstić information content (AvgIpc) is 2.53. The fourth-order valence-electron chi connectivity index (χ4n) is 0.718. The molecule has 1 N–H and O–H groups in total. The molecule has 0 aromatic carbocycles. The molecule has 2 unspecified atom stereocenters. The lowest BCUT2D eigenvalue weighted by molar-refractivity contribution is -0.136. The van der Waals surface area contributed by atoms with Crippen molar-refractivity contribution < 1.29 is 14.3 Å². The molecule has 1 heterocycles. The van der Waals surface area contributed by atoms with E-state index in [1.54, 1.807) is 12.1 Å². The van der Waals surface area contributed by atoms with Crippen LogP contribution in [0, 0.1) is 0 Å². The van der Waals surface area contributed by atoms with Gasteiger partial charge in [0.1, 0.15) is 10.6 Å². The van der Waals surface area contributed by atoms with Crippen LogP contribution in [0.3, 0.4) is 0 Å². The third-order valence-electron chi connectivity index (χ3n) is 1.31. The Morgan fingerprint density at radius 3 is 2.67 bits per heavy atom. The zero-order valence-corrected chi connectivity index (χ0v) is 9.08. The molecule has 0 amide bonds. The number of aliphatic carboxylic acids is 1. The van der Waals surface area contributed by atoms with Crippen LogP contribution in [0.25, 0.3) is 0 Å². The molecule has 2 atom stereocenters. The molecule has 0 spiro atoms. The van der Waals surface area contributed by atoms with Gasteiger partial charge in [-0.05, 0) is 12.1 Å². The van der Waals surface area contributed by atoms with Crippen LogP contribution < -0.4 is 0 Å². The molecular formula is C7H6Br2O3. The summed E-state index contributed by atoms with van der Waals surface area (Å²) in [7, 11) is 0. The predicted molar refractivity (Wildman–Crippen MR) is 50.7 cm³/mol. The third kappa shape index (κ3) is 2.10. The van der Waals surface area contributed by atoms with Crippen LogP contribution in [0.1, 0.15) is 10.6 Å². The summed E-state index contributed by atoms with van der Waals surface area (Å²) < 4.78 is 5.03. The van der Waals surface area contributed by atoms with Gasteiger partial charge in [0.15, 0.2) is 0 Å². The SMILES string of the molecule is O=C(O)C(Br)C(Br)c1ccco1. The van der Waals surface area contributed by atoms with Crippen LogP contribution in [-0.4, -0.2) is 15.9 Å². The second kappa shape index (κ2) is 4.09. The first kappa shape index (κ1) is 9.80. The van der Waals surface area contributed by atoms with Crippen molar-refractivity contribution in [2.45, 2.75) is 9.65 Å². The van der Waals surface area contributed by atoms with Gasteiger partial charge >= 0.3 is 5.97 Å². The topological polar surface area (TPSA) is 50.4 Å². The highest BCUT2D eigenvalue weighted by molar-refractivity contribution is 9.12. The summed E-state index contributed by atoms with van der Waals surface area (Å²) in [6, 6.07) is 3.43. The van der Waals surface area contributed by atoms with Crippen molar-refractivity contribution in [1.82, 2.24) is 0 Å². The lowest BCUT2D eigenvalue weighted by Gasteiger charge is -2.08. The average molecular weight is 298 g/mol. The lowest BCUT2D eigenvalue weighted by atomic mass is 10.2. The second-order valence-corrected chi connectivity index (χ2v) is 4.13. The van der Waals surface area contributed by atoms with E-state index in [-0.39, 0.29) is 4.83 Å². The number of halogens is 2. The smallest absolute Gasteiger partial charge is 0.318 e. The Morgan fingerprint density at radius 2 is 2.25 bits per heavy atom. The van der Waals surface area contributed by atoms with Crippen LogP contribution in [0.15, 0.2) is 22.8 Å². The largest absolute Gasteiger partial charge is 0.480 e. The van der Waals surface area contributed by atoms with Gasteiger partial charge < -0.3 is 9.52 Å². The first-order valence-electron chi connectivity index (χ1n) is 3.17. The van der Waals surface area contributed by atoms with E-state index in [0.717, 1.165) is 0 Å². The first-order chi connectivity index (χ1) is 5.63. The quantitative estimate of drug-likeness (QED) is 0.873.